The van der Waals surface area contributed by atoms with E-state index in [1.54, 1.807) is 0 Å². The number of aliphatic hydroxyl groups excluding tert-OH is 1. The van der Waals surface area contributed by atoms with Crippen molar-refractivity contribution in [2.45, 2.75) is 12.8 Å². The smallest absolute Gasteiger partial charge is 0.115 e. The molecule has 92 valence electrons. The van der Waals surface area contributed by atoms with Crippen LogP contribution in [0.15, 0.2) is 41.7 Å². The van der Waals surface area contributed by atoms with E-state index in [9.17, 15) is 4.39 Å². The van der Waals surface area contributed by atoms with E-state index in [0.29, 0.717) is 18.5 Å². The second-order valence-electron chi connectivity index (χ2n) is 4.43. The predicted octanol–water partition coefficient (Wildman–Crippen LogP) is 2.15. The number of hydrogen-bond acceptors (Lipinski definition) is 2. The molecule has 0 spiro atoms. The fourth-order valence-electron chi connectivity index (χ4n) is 2.10. The first-order valence-electron chi connectivity index (χ1n) is 6.03. The molecule has 0 aliphatic carbocycles. The molecule has 1 aliphatic heterocycles. The van der Waals surface area contributed by atoms with Crippen LogP contribution in [-0.4, -0.2) is 36.2 Å². The highest BCUT2D eigenvalue weighted by Crippen LogP contribution is 2.18. The van der Waals surface area contributed by atoms with E-state index in [0.717, 1.165) is 19.5 Å². The van der Waals surface area contributed by atoms with Crippen molar-refractivity contribution in [2.75, 3.05) is 26.2 Å². The highest BCUT2D eigenvalue weighted by molar-refractivity contribution is 5.16. The molecule has 0 radical (unpaired) electrons. The minimum atomic E-state index is -0.146. The van der Waals surface area contributed by atoms with E-state index < -0.39 is 0 Å². The topological polar surface area (TPSA) is 23.5 Å². The summed E-state index contributed by atoms with van der Waals surface area (Å²) in [6.07, 6.45) is 1.60. The SMILES string of the molecule is OCC1=C(F)CN(CCc2ccccc2)CC1. The number of aliphatic hydroxyl groups is 1. The Balaban J connectivity index is 1.84. The molecular weight excluding hydrogens is 217 g/mol. The van der Waals surface area contributed by atoms with Crippen LogP contribution < -0.4 is 0 Å². The normalized spacial score (nSPS) is 17.5. The fourth-order valence-corrected chi connectivity index (χ4v) is 2.10. The van der Waals surface area contributed by atoms with E-state index in [2.05, 4.69) is 17.0 Å². The predicted molar refractivity (Wildman–Crippen MR) is 66.4 cm³/mol. The molecule has 3 heteroatoms. The number of nitrogens with zero attached hydrogens (tertiary/aromatic N) is 1. The van der Waals surface area contributed by atoms with Gasteiger partial charge in [0, 0.05) is 13.1 Å². The third kappa shape index (κ3) is 3.38. The number of benzene rings is 1. The second kappa shape index (κ2) is 5.94. The average molecular weight is 235 g/mol. The molecule has 1 aromatic rings. The van der Waals surface area contributed by atoms with Crippen LogP contribution in [0, 0.1) is 0 Å². The van der Waals surface area contributed by atoms with Crippen molar-refractivity contribution in [1.29, 1.82) is 0 Å². The minimum Gasteiger partial charge on any atom is -0.392 e. The summed E-state index contributed by atoms with van der Waals surface area (Å²) in [7, 11) is 0. The van der Waals surface area contributed by atoms with Crippen LogP contribution in [0.4, 0.5) is 4.39 Å². The summed E-state index contributed by atoms with van der Waals surface area (Å²) in [4.78, 5) is 2.10. The van der Waals surface area contributed by atoms with Crippen LogP contribution in [0.2, 0.25) is 0 Å². The van der Waals surface area contributed by atoms with Gasteiger partial charge < -0.3 is 5.11 Å². The molecule has 1 aliphatic rings. The van der Waals surface area contributed by atoms with Gasteiger partial charge in [-0.1, -0.05) is 30.3 Å². The molecule has 1 aromatic carbocycles. The van der Waals surface area contributed by atoms with Gasteiger partial charge >= 0.3 is 0 Å². The van der Waals surface area contributed by atoms with Crippen molar-refractivity contribution in [2.24, 2.45) is 0 Å². The van der Waals surface area contributed by atoms with E-state index in [4.69, 9.17) is 5.11 Å². The summed E-state index contributed by atoms with van der Waals surface area (Å²) in [5.74, 6) is -0.146. The molecule has 1 N–H and O–H groups in total. The number of rotatable bonds is 4. The Morgan fingerprint density at radius 1 is 1.24 bits per heavy atom. The zero-order chi connectivity index (χ0) is 12.1. The van der Waals surface area contributed by atoms with Crippen LogP contribution in [0.25, 0.3) is 0 Å². The van der Waals surface area contributed by atoms with E-state index >= 15 is 0 Å². The summed E-state index contributed by atoms with van der Waals surface area (Å²) in [6.45, 7) is 1.92. The van der Waals surface area contributed by atoms with Crippen LogP contribution in [0.1, 0.15) is 12.0 Å². The Bertz CT molecular complexity index is 388. The molecule has 2 nitrogen and oxygen atoms in total. The van der Waals surface area contributed by atoms with Crippen molar-refractivity contribution < 1.29 is 9.50 Å². The van der Waals surface area contributed by atoms with Gasteiger partial charge in [-0.15, -0.1) is 0 Å². The maximum absolute atomic E-state index is 13.5. The summed E-state index contributed by atoms with van der Waals surface area (Å²) in [6, 6.07) is 10.2. The van der Waals surface area contributed by atoms with E-state index in [-0.39, 0.29) is 12.4 Å². The monoisotopic (exact) mass is 235 g/mol. The van der Waals surface area contributed by atoms with Crippen LogP contribution in [-0.2, 0) is 6.42 Å². The van der Waals surface area contributed by atoms with Crippen molar-refractivity contribution in [3.05, 3.63) is 47.3 Å². The lowest BCUT2D eigenvalue weighted by Gasteiger charge is -2.27. The van der Waals surface area contributed by atoms with Gasteiger partial charge in [0.25, 0.3) is 0 Å². The van der Waals surface area contributed by atoms with Gasteiger partial charge in [0.2, 0.25) is 0 Å². The summed E-state index contributed by atoms with van der Waals surface area (Å²) >= 11 is 0. The van der Waals surface area contributed by atoms with E-state index in [1.807, 2.05) is 18.2 Å². The molecule has 0 fully saturated rings. The van der Waals surface area contributed by atoms with Crippen molar-refractivity contribution >= 4 is 0 Å². The molecule has 0 unspecified atom stereocenters. The molecule has 0 saturated heterocycles. The number of halogens is 1. The van der Waals surface area contributed by atoms with Gasteiger partial charge in [-0.05, 0) is 24.0 Å². The van der Waals surface area contributed by atoms with Crippen LogP contribution >= 0.6 is 0 Å². The van der Waals surface area contributed by atoms with Gasteiger partial charge in [0.15, 0.2) is 0 Å². The Morgan fingerprint density at radius 3 is 2.65 bits per heavy atom. The summed E-state index contributed by atoms with van der Waals surface area (Å²) in [5, 5.41) is 8.94. The molecule has 0 aromatic heterocycles. The quantitative estimate of drug-likeness (QED) is 0.864. The maximum atomic E-state index is 13.5. The second-order valence-corrected chi connectivity index (χ2v) is 4.43. The molecular formula is C14H18FNO. The average Bonchev–Trinajstić information content (AvgIpc) is 2.38. The van der Waals surface area contributed by atoms with Gasteiger partial charge in [-0.25, -0.2) is 4.39 Å². The molecule has 2 rings (SSSR count). The van der Waals surface area contributed by atoms with E-state index in [1.165, 1.54) is 5.56 Å². The Hall–Kier alpha value is -1.19. The molecule has 0 bridgehead atoms. The summed E-state index contributed by atoms with van der Waals surface area (Å²) in [5.41, 5.74) is 1.85. The van der Waals surface area contributed by atoms with Crippen molar-refractivity contribution in [3.8, 4) is 0 Å². The summed E-state index contributed by atoms with van der Waals surface area (Å²) < 4.78 is 13.5. The largest absolute Gasteiger partial charge is 0.392 e. The van der Waals surface area contributed by atoms with Gasteiger partial charge in [-0.3, -0.25) is 4.90 Å². The molecule has 0 saturated carbocycles. The first-order valence-corrected chi connectivity index (χ1v) is 6.03. The molecule has 17 heavy (non-hydrogen) atoms. The lowest BCUT2D eigenvalue weighted by atomic mass is 10.1. The van der Waals surface area contributed by atoms with Gasteiger partial charge in [0.05, 0.1) is 13.2 Å². The third-order valence-electron chi connectivity index (χ3n) is 3.23. The third-order valence-corrected chi connectivity index (χ3v) is 3.23. The first-order chi connectivity index (χ1) is 8.29. The van der Waals surface area contributed by atoms with Crippen LogP contribution in [0.5, 0.6) is 0 Å². The van der Waals surface area contributed by atoms with Crippen molar-refractivity contribution in [3.63, 3.8) is 0 Å². The van der Waals surface area contributed by atoms with Gasteiger partial charge in [-0.2, -0.15) is 0 Å². The number of hydrogen-bond donors (Lipinski definition) is 1. The lowest BCUT2D eigenvalue weighted by molar-refractivity contribution is 0.242. The zero-order valence-corrected chi connectivity index (χ0v) is 9.90. The highest BCUT2D eigenvalue weighted by Gasteiger charge is 2.17. The molecule has 1 heterocycles. The Kier molecular flexibility index (Phi) is 4.29. The highest BCUT2D eigenvalue weighted by atomic mass is 19.1. The van der Waals surface area contributed by atoms with Crippen molar-refractivity contribution in [1.82, 2.24) is 4.90 Å². The Labute approximate surface area is 101 Å². The molecule has 0 atom stereocenters. The molecule has 0 amide bonds. The zero-order valence-electron chi connectivity index (χ0n) is 9.90. The fraction of sp³-hybridized carbons (Fsp3) is 0.429. The maximum Gasteiger partial charge on any atom is 0.115 e. The lowest BCUT2D eigenvalue weighted by Crippen LogP contribution is -2.33. The minimum absolute atomic E-state index is 0.141. The van der Waals surface area contributed by atoms with Gasteiger partial charge in [0.1, 0.15) is 5.83 Å². The Morgan fingerprint density at radius 2 is 2.00 bits per heavy atom. The van der Waals surface area contributed by atoms with Crippen LogP contribution in [0.3, 0.4) is 0 Å². The standard InChI is InChI=1S/C14H18FNO/c15-14-10-16(9-7-13(14)11-17)8-6-12-4-2-1-3-5-12/h1-5,17H,6-11H2. The first kappa shape index (κ1) is 12.3.